The first-order valence-electron chi connectivity index (χ1n) is 9.30. The fourth-order valence-electron chi connectivity index (χ4n) is 4.35. The standard InChI is InChI=1S/C24H25N/c1-3-11-18(2)25-24(19-12-5-4-6-13-19)22-16-9-7-14-20(22)21-15-8-10-17-23(21)24/h4-10,12-18,25H,3,11H2,1-2H3. The zero-order valence-corrected chi connectivity index (χ0v) is 15.0. The van der Waals surface area contributed by atoms with Gasteiger partial charge in [-0.25, -0.2) is 0 Å². The molecule has 3 aromatic carbocycles. The third kappa shape index (κ3) is 2.51. The van der Waals surface area contributed by atoms with E-state index in [1.807, 2.05) is 0 Å². The molecule has 4 rings (SSSR count). The van der Waals surface area contributed by atoms with Gasteiger partial charge in [0.05, 0.1) is 5.54 Å². The van der Waals surface area contributed by atoms with Crippen molar-refractivity contribution in [3.8, 4) is 11.1 Å². The Morgan fingerprint density at radius 1 is 0.760 bits per heavy atom. The van der Waals surface area contributed by atoms with Crippen molar-refractivity contribution in [2.75, 3.05) is 0 Å². The average Bonchev–Trinajstić information content (AvgIpc) is 2.94. The highest BCUT2D eigenvalue weighted by molar-refractivity contribution is 5.83. The van der Waals surface area contributed by atoms with Crippen LogP contribution in [0, 0.1) is 0 Å². The molecule has 1 heteroatoms. The first-order chi connectivity index (χ1) is 12.3. The number of benzene rings is 3. The summed E-state index contributed by atoms with van der Waals surface area (Å²) in [5.41, 5.74) is 6.46. The monoisotopic (exact) mass is 327 g/mol. The van der Waals surface area contributed by atoms with Gasteiger partial charge in [-0.05, 0) is 41.2 Å². The second-order valence-electron chi connectivity index (χ2n) is 7.04. The molecule has 3 aromatic rings. The predicted octanol–water partition coefficient (Wildman–Crippen LogP) is 5.74. The van der Waals surface area contributed by atoms with Crippen molar-refractivity contribution in [1.29, 1.82) is 0 Å². The molecule has 1 N–H and O–H groups in total. The first-order valence-corrected chi connectivity index (χ1v) is 9.30. The molecule has 1 atom stereocenters. The fraction of sp³-hybridized carbons (Fsp3) is 0.250. The summed E-state index contributed by atoms with van der Waals surface area (Å²) in [7, 11) is 0. The second kappa shape index (κ2) is 6.50. The van der Waals surface area contributed by atoms with E-state index in [0.717, 1.165) is 0 Å². The lowest BCUT2D eigenvalue weighted by atomic mass is 9.80. The van der Waals surface area contributed by atoms with Crippen molar-refractivity contribution in [3.63, 3.8) is 0 Å². The zero-order valence-electron chi connectivity index (χ0n) is 15.0. The van der Waals surface area contributed by atoms with Gasteiger partial charge in [0, 0.05) is 6.04 Å². The molecule has 1 aliphatic rings. The number of rotatable bonds is 5. The highest BCUT2D eigenvalue weighted by Gasteiger charge is 2.44. The maximum atomic E-state index is 4.02. The Balaban J connectivity index is 2.00. The molecule has 0 saturated carbocycles. The highest BCUT2D eigenvalue weighted by Crippen LogP contribution is 2.51. The van der Waals surface area contributed by atoms with E-state index in [4.69, 9.17) is 0 Å². The molecular formula is C24H25N. The van der Waals surface area contributed by atoms with E-state index < -0.39 is 0 Å². The van der Waals surface area contributed by atoms with Crippen LogP contribution >= 0.6 is 0 Å². The SMILES string of the molecule is CCCC(C)NC1(c2ccccc2)c2ccccc2-c2ccccc21. The Morgan fingerprint density at radius 2 is 1.28 bits per heavy atom. The molecule has 126 valence electrons. The van der Waals surface area contributed by atoms with Crippen LogP contribution in [-0.2, 0) is 5.54 Å². The Hall–Kier alpha value is -2.38. The van der Waals surface area contributed by atoms with Gasteiger partial charge in [-0.15, -0.1) is 0 Å². The minimum Gasteiger partial charge on any atom is -0.297 e. The molecule has 0 heterocycles. The fourth-order valence-corrected chi connectivity index (χ4v) is 4.35. The molecular weight excluding hydrogens is 302 g/mol. The summed E-state index contributed by atoms with van der Waals surface area (Å²) in [5, 5.41) is 4.02. The molecule has 0 aliphatic heterocycles. The minimum absolute atomic E-state index is 0.275. The summed E-state index contributed by atoms with van der Waals surface area (Å²) < 4.78 is 0. The summed E-state index contributed by atoms with van der Waals surface area (Å²) in [5.74, 6) is 0. The molecule has 1 nitrogen and oxygen atoms in total. The lowest BCUT2D eigenvalue weighted by molar-refractivity contribution is 0.396. The van der Waals surface area contributed by atoms with Crippen molar-refractivity contribution in [3.05, 3.63) is 95.6 Å². The number of hydrogen-bond donors (Lipinski definition) is 1. The van der Waals surface area contributed by atoms with E-state index in [2.05, 4.69) is 98.0 Å². The third-order valence-corrected chi connectivity index (χ3v) is 5.34. The van der Waals surface area contributed by atoms with Crippen molar-refractivity contribution >= 4 is 0 Å². The number of nitrogens with one attached hydrogen (secondary N) is 1. The molecule has 1 unspecified atom stereocenters. The summed E-state index contributed by atoms with van der Waals surface area (Å²) in [6.07, 6.45) is 2.35. The Kier molecular flexibility index (Phi) is 4.19. The smallest absolute Gasteiger partial charge is 0.0962 e. The minimum atomic E-state index is -0.275. The van der Waals surface area contributed by atoms with Crippen LogP contribution in [-0.4, -0.2) is 6.04 Å². The number of hydrogen-bond acceptors (Lipinski definition) is 1. The summed E-state index contributed by atoms with van der Waals surface area (Å²) >= 11 is 0. The Labute approximate surface area is 150 Å². The molecule has 1 aliphatic carbocycles. The lowest BCUT2D eigenvalue weighted by Gasteiger charge is -2.37. The quantitative estimate of drug-likeness (QED) is 0.630. The van der Waals surface area contributed by atoms with Gasteiger partial charge in [-0.2, -0.15) is 0 Å². The van der Waals surface area contributed by atoms with Crippen LogP contribution in [0.25, 0.3) is 11.1 Å². The molecule has 0 amide bonds. The van der Waals surface area contributed by atoms with Gasteiger partial charge in [-0.3, -0.25) is 5.32 Å². The van der Waals surface area contributed by atoms with Crippen molar-refractivity contribution < 1.29 is 0 Å². The maximum absolute atomic E-state index is 4.02. The molecule has 0 fully saturated rings. The Morgan fingerprint density at radius 3 is 1.84 bits per heavy atom. The van der Waals surface area contributed by atoms with E-state index in [0.29, 0.717) is 6.04 Å². The highest BCUT2D eigenvalue weighted by atomic mass is 15.0. The summed E-state index contributed by atoms with van der Waals surface area (Å²) in [4.78, 5) is 0. The van der Waals surface area contributed by atoms with Gasteiger partial charge in [0.25, 0.3) is 0 Å². The van der Waals surface area contributed by atoms with Gasteiger partial charge in [0.1, 0.15) is 0 Å². The van der Waals surface area contributed by atoms with Crippen molar-refractivity contribution in [2.45, 2.75) is 38.3 Å². The van der Waals surface area contributed by atoms with Crippen LogP contribution in [0.3, 0.4) is 0 Å². The number of fused-ring (bicyclic) bond motifs is 3. The first kappa shape index (κ1) is 16.1. The topological polar surface area (TPSA) is 12.0 Å². The van der Waals surface area contributed by atoms with E-state index in [9.17, 15) is 0 Å². The molecule has 0 saturated heterocycles. The van der Waals surface area contributed by atoms with E-state index >= 15 is 0 Å². The van der Waals surface area contributed by atoms with Gasteiger partial charge in [-0.1, -0.05) is 92.2 Å². The van der Waals surface area contributed by atoms with Gasteiger partial charge >= 0.3 is 0 Å². The van der Waals surface area contributed by atoms with Crippen LogP contribution in [0.4, 0.5) is 0 Å². The predicted molar refractivity (Wildman–Crippen MR) is 106 cm³/mol. The van der Waals surface area contributed by atoms with Crippen LogP contribution in [0.15, 0.2) is 78.9 Å². The van der Waals surface area contributed by atoms with Crippen molar-refractivity contribution in [1.82, 2.24) is 5.32 Å². The average molecular weight is 327 g/mol. The normalized spacial score (nSPS) is 15.4. The van der Waals surface area contributed by atoms with E-state index in [-0.39, 0.29) is 5.54 Å². The third-order valence-electron chi connectivity index (χ3n) is 5.34. The van der Waals surface area contributed by atoms with Gasteiger partial charge in [0.15, 0.2) is 0 Å². The summed E-state index contributed by atoms with van der Waals surface area (Å²) in [6.45, 7) is 4.56. The zero-order chi connectivity index (χ0) is 17.3. The molecule has 0 aromatic heterocycles. The molecule has 0 bridgehead atoms. The van der Waals surface area contributed by atoms with Crippen molar-refractivity contribution in [2.24, 2.45) is 0 Å². The maximum Gasteiger partial charge on any atom is 0.0962 e. The molecule has 0 spiro atoms. The summed E-state index contributed by atoms with van der Waals surface area (Å²) in [6, 6.07) is 29.0. The van der Waals surface area contributed by atoms with Gasteiger partial charge < -0.3 is 0 Å². The van der Waals surface area contributed by atoms with Crippen LogP contribution in [0.1, 0.15) is 43.4 Å². The van der Waals surface area contributed by atoms with E-state index in [1.54, 1.807) is 0 Å². The van der Waals surface area contributed by atoms with Crippen LogP contribution in [0.5, 0.6) is 0 Å². The van der Waals surface area contributed by atoms with Crippen LogP contribution in [0.2, 0.25) is 0 Å². The Bertz CT molecular complexity index is 821. The van der Waals surface area contributed by atoms with E-state index in [1.165, 1.54) is 40.7 Å². The second-order valence-corrected chi connectivity index (χ2v) is 7.04. The molecule has 25 heavy (non-hydrogen) atoms. The van der Waals surface area contributed by atoms with Crippen LogP contribution < -0.4 is 5.32 Å². The van der Waals surface area contributed by atoms with Gasteiger partial charge in [0.2, 0.25) is 0 Å². The molecule has 0 radical (unpaired) electrons. The lowest BCUT2D eigenvalue weighted by Crippen LogP contribution is -2.47. The largest absolute Gasteiger partial charge is 0.297 e.